The zero-order valence-electron chi connectivity index (χ0n) is 41.1. The van der Waals surface area contributed by atoms with E-state index in [1.807, 2.05) is 0 Å². The molecule has 0 spiro atoms. The standard InChI is InChI=1S/C44H69N13O14S2/c1-5-22(2)37(55-35(64)15-45)42(68)49-17-36(65)52-30-21-73(70)44-27(26-8-9-32(71-4)28(39(26)56-44)20-72-11-7-6-10-50-57-47)12-24(18-58)51-43(69)38(23(3)31(61)19-59)54-34(63)13-25(60)16-48-40(66)29(14-33(46)62)53-41(30)67/h8-9,22-25,29-31,37-38,56,58-61H,5-7,10-21,45H2,1-4H3,(H2,46,62)(H,48,66)(H,49,68)(H,51,69)(H,52,65)(H,53,67)(H,54,63)(H,55,64)/t22-,23-,24-,25+,29-,30-,31-,37-,38-,73?/m0/s1. The molecule has 1 aliphatic rings. The number of hydrogen-bond acceptors (Lipinski definition) is 17. The molecule has 406 valence electrons. The number of primary amides is 1. The Labute approximate surface area is 428 Å². The number of H-pyrrole nitrogens is 1. The molecular formula is C44H69N13O14S2. The number of azide groups is 1. The Balaban J connectivity index is 2.24. The molecule has 27 nitrogen and oxygen atoms in total. The molecule has 73 heavy (non-hydrogen) atoms. The first-order chi connectivity index (χ1) is 34.7. The van der Waals surface area contributed by atoms with Gasteiger partial charge in [-0.05, 0) is 42.2 Å². The molecule has 29 heteroatoms. The van der Waals surface area contributed by atoms with Crippen LogP contribution in [0.2, 0.25) is 0 Å². The van der Waals surface area contributed by atoms with E-state index in [1.165, 1.54) is 25.8 Å². The summed E-state index contributed by atoms with van der Waals surface area (Å²) in [6.07, 6.45) is -3.21. The van der Waals surface area contributed by atoms with Gasteiger partial charge in [0.2, 0.25) is 52.3 Å². The maximum atomic E-state index is 15.0. The Bertz CT molecular complexity index is 2290. The number of rotatable bonds is 22. The van der Waals surface area contributed by atoms with Crippen molar-refractivity contribution < 1.29 is 68.1 Å². The van der Waals surface area contributed by atoms with Gasteiger partial charge in [-0.15, -0.1) is 0 Å². The normalized spacial score (nSPS) is 22.1. The number of hydrogen-bond donors (Lipinski definition) is 14. The Hall–Kier alpha value is -5.91. The molecule has 1 unspecified atom stereocenters. The Kier molecular flexibility index (Phi) is 26.0. The fourth-order valence-electron chi connectivity index (χ4n) is 7.61. The molecule has 1 aliphatic heterocycles. The average Bonchev–Trinajstić information content (AvgIpc) is 3.73. The van der Waals surface area contributed by atoms with Crippen LogP contribution in [-0.4, -0.2) is 178 Å². The van der Waals surface area contributed by atoms with Gasteiger partial charge in [-0.1, -0.05) is 32.3 Å². The number of aromatic nitrogens is 1. The SMILES string of the molecule is CC[C@H](C)[C@H](NC(=O)CN)C(=O)NCC(=O)N[C@H]1C[S+]([O-])c2[nH]c3c(CSCCCCN=[N+]=[N-])c(OC)ccc3c2C[C@@H](CO)NC(=O)[C@H]([C@@H](C)[C@@H](O)CO)NC(=O)C[C@@H](O)CNC(=O)[C@H](CC(N)=O)NC1=O. The van der Waals surface area contributed by atoms with Crippen LogP contribution in [0.3, 0.4) is 0 Å². The van der Waals surface area contributed by atoms with Gasteiger partial charge in [-0.3, -0.25) is 38.4 Å². The number of aliphatic hydroxyl groups is 4. The highest BCUT2D eigenvalue weighted by atomic mass is 32.2. The monoisotopic (exact) mass is 1070 g/mol. The van der Waals surface area contributed by atoms with Crippen molar-refractivity contribution in [1.29, 1.82) is 0 Å². The first-order valence-electron chi connectivity index (χ1n) is 23.5. The number of benzene rings is 1. The van der Waals surface area contributed by atoms with Crippen LogP contribution < -0.4 is 53.4 Å². The van der Waals surface area contributed by atoms with E-state index < -0.39 is 164 Å². The van der Waals surface area contributed by atoms with Crippen LogP contribution in [0, 0.1) is 11.8 Å². The molecule has 0 radical (unpaired) electrons. The van der Waals surface area contributed by atoms with Gasteiger partial charge >= 0.3 is 0 Å². The van der Waals surface area contributed by atoms with E-state index in [4.69, 9.17) is 21.7 Å². The van der Waals surface area contributed by atoms with Crippen molar-refractivity contribution in [2.24, 2.45) is 28.4 Å². The molecule has 0 fully saturated rings. The smallest absolute Gasteiger partial charge is 0.248 e. The lowest BCUT2D eigenvalue weighted by molar-refractivity contribution is -0.134. The van der Waals surface area contributed by atoms with Crippen molar-refractivity contribution in [3.8, 4) is 5.75 Å². The van der Waals surface area contributed by atoms with E-state index in [0.717, 1.165) is 0 Å². The lowest BCUT2D eigenvalue weighted by atomic mass is 9.94. The van der Waals surface area contributed by atoms with Gasteiger partial charge in [-0.2, -0.15) is 11.8 Å². The maximum absolute atomic E-state index is 15.0. The molecule has 2 aromatic rings. The van der Waals surface area contributed by atoms with Crippen LogP contribution in [0.1, 0.15) is 64.0 Å². The first kappa shape index (κ1) is 61.4. The zero-order chi connectivity index (χ0) is 54.4. The summed E-state index contributed by atoms with van der Waals surface area (Å²) in [6, 6.07) is -4.15. The van der Waals surface area contributed by atoms with Crippen LogP contribution in [0.25, 0.3) is 21.3 Å². The van der Waals surface area contributed by atoms with Crippen molar-refractivity contribution in [2.45, 2.75) is 112 Å². The predicted octanol–water partition coefficient (Wildman–Crippen LogP) is -3.57. The van der Waals surface area contributed by atoms with Crippen LogP contribution in [0.5, 0.6) is 5.75 Å². The van der Waals surface area contributed by atoms with Gasteiger partial charge in [0, 0.05) is 63.8 Å². The van der Waals surface area contributed by atoms with Crippen molar-refractivity contribution in [2.75, 3.05) is 58.0 Å². The molecule has 0 aliphatic carbocycles. The number of β-amino-alcohol motifs (C(OH)–C–C–N with tert-alkyl or cyclic N) is 1. The molecule has 8 amide bonds. The fraction of sp³-hybridized carbons (Fsp3) is 0.636. The number of amides is 8. The lowest BCUT2D eigenvalue weighted by Crippen LogP contribution is -2.58. The van der Waals surface area contributed by atoms with Gasteiger partial charge < -0.3 is 83.4 Å². The van der Waals surface area contributed by atoms with E-state index in [1.54, 1.807) is 26.0 Å². The molecule has 0 saturated carbocycles. The Morgan fingerprint density at radius 1 is 1.05 bits per heavy atom. The highest BCUT2D eigenvalue weighted by Crippen LogP contribution is 2.37. The number of aromatic amines is 1. The molecule has 0 bridgehead atoms. The number of methoxy groups -OCH3 is 1. The molecule has 2 heterocycles. The number of fused-ring (bicyclic) bond motifs is 3. The zero-order valence-corrected chi connectivity index (χ0v) is 42.8. The number of ether oxygens (including phenoxy) is 1. The summed E-state index contributed by atoms with van der Waals surface area (Å²) in [6.45, 7) is 1.76. The van der Waals surface area contributed by atoms with E-state index in [0.29, 0.717) is 59.5 Å². The second kappa shape index (κ2) is 31.0. The van der Waals surface area contributed by atoms with Gasteiger partial charge in [0.15, 0.2) is 6.04 Å². The van der Waals surface area contributed by atoms with E-state index >= 15 is 0 Å². The van der Waals surface area contributed by atoms with Crippen LogP contribution in [0.4, 0.5) is 0 Å². The number of carbonyl (C=O) groups excluding carboxylic acids is 8. The van der Waals surface area contributed by atoms with Crippen LogP contribution in [-0.2, 0) is 61.7 Å². The predicted molar refractivity (Wildman–Crippen MR) is 267 cm³/mol. The molecular weight excluding hydrogens is 999 g/mol. The number of unbranched alkanes of at least 4 members (excludes halogenated alkanes) is 1. The summed E-state index contributed by atoms with van der Waals surface area (Å²) in [5.74, 6) is -8.46. The molecule has 3 rings (SSSR count). The molecule has 16 N–H and O–H groups in total. The van der Waals surface area contributed by atoms with Crippen molar-refractivity contribution in [3.63, 3.8) is 0 Å². The van der Waals surface area contributed by atoms with Gasteiger partial charge in [0.1, 0.15) is 29.6 Å². The largest absolute Gasteiger partial charge is 0.610 e. The van der Waals surface area contributed by atoms with Gasteiger partial charge in [0.25, 0.3) is 0 Å². The third-order valence-electron chi connectivity index (χ3n) is 12.0. The summed E-state index contributed by atoms with van der Waals surface area (Å²) in [5.41, 5.74) is 20.8. The molecule has 1 aromatic heterocycles. The maximum Gasteiger partial charge on any atom is 0.248 e. The molecule has 10 atom stereocenters. The number of nitrogens with one attached hydrogen (secondary N) is 8. The molecule has 0 saturated heterocycles. The van der Waals surface area contributed by atoms with Crippen LogP contribution >= 0.6 is 11.8 Å². The highest BCUT2D eigenvalue weighted by molar-refractivity contribution is 7.98. The van der Waals surface area contributed by atoms with Crippen molar-refractivity contribution in [1.82, 2.24) is 42.2 Å². The van der Waals surface area contributed by atoms with E-state index in [2.05, 4.69) is 52.2 Å². The number of thioether (sulfide) groups is 1. The van der Waals surface area contributed by atoms with E-state index in [9.17, 15) is 63.3 Å². The number of nitrogens with two attached hydrogens (primary N) is 2. The minimum Gasteiger partial charge on any atom is -0.610 e. The number of aliphatic hydroxyl groups excluding tert-OH is 4. The van der Waals surface area contributed by atoms with Crippen molar-refractivity contribution >= 4 is 81.1 Å². The fourth-order valence-corrected chi connectivity index (χ4v) is 10.0. The lowest BCUT2D eigenvalue weighted by Gasteiger charge is -2.29. The Morgan fingerprint density at radius 2 is 1.78 bits per heavy atom. The minimum absolute atomic E-state index is 0.0484. The quantitative estimate of drug-likeness (QED) is 0.0178. The number of carbonyl (C=O) groups is 8. The summed E-state index contributed by atoms with van der Waals surface area (Å²) >= 11 is -0.847. The molecule has 1 aromatic carbocycles. The minimum atomic E-state index is -2.36. The first-order valence-corrected chi connectivity index (χ1v) is 26.0. The van der Waals surface area contributed by atoms with Gasteiger partial charge in [-0.25, -0.2) is 0 Å². The average molecular weight is 1070 g/mol. The summed E-state index contributed by atoms with van der Waals surface area (Å²) < 4.78 is 20.7. The van der Waals surface area contributed by atoms with Gasteiger partial charge in [0.05, 0.1) is 70.0 Å². The third-order valence-corrected chi connectivity index (χ3v) is 14.5. The second-order valence-electron chi connectivity index (χ2n) is 17.4. The van der Waals surface area contributed by atoms with Crippen LogP contribution in [0.15, 0.2) is 22.3 Å². The topological polar surface area (TPSA) is 451 Å². The van der Waals surface area contributed by atoms with Crippen molar-refractivity contribution in [3.05, 3.63) is 33.7 Å². The Morgan fingerprint density at radius 3 is 2.41 bits per heavy atom. The number of nitrogens with zero attached hydrogens (tertiary/aromatic N) is 3. The summed E-state index contributed by atoms with van der Waals surface area (Å²) in [7, 11) is 1.45. The highest BCUT2D eigenvalue weighted by Gasteiger charge is 2.37. The third kappa shape index (κ3) is 18.8. The van der Waals surface area contributed by atoms with E-state index in [-0.39, 0.29) is 17.0 Å². The second-order valence-corrected chi connectivity index (χ2v) is 19.9. The summed E-state index contributed by atoms with van der Waals surface area (Å²) in [4.78, 5) is 112. The summed E-state index contributed by atoms with van der Waals surface area (Å²) in [5, 5.41) is 62.9.